The molecule has 0 aliphatic heterocycles. The fourth-order valence-corrected chi connectivity index (χ4v) is 2.24. The van der Waals surface area contributed by atoms with Crippen molar-refractivity contribution in [2.24, 2.45) is 0 Å². The maximum atomic E-state index is 12.1. The molecule has 5 heteroatoms. The normalized spacial score (nSPS) is 11.9. The molecule has 1 atom stereocenters. The van der Waals surface area contributed by atoms with Gasteiger partial charge in [-0.15, -0.1) is 0 Å². The lowest BCUT2D eigenvalue weighted by atomic mass is 10.1. The van der Waals surface area contributed by atoms with E-state index in [1.807, 2.05) is 44.2 Å². The fraction of sp³-hybridized carbons (Fsp3) is 0.353. The van der Waals surface area contributed by atoms with Gasteiger partial charge in [-0.1, -0.05) is 43.7 Å². The van der Waals surface area contributed by atoms with Crippen molar-refractivity contribution in [3.05, 3.63) is 64.3 Å². The van der Waals surface area contributed by atoms with Gasteiger partial charge in [0.2, 0.25) is 5.91 Å². The number of carbonyl (C=O) groups excluding carboxylic acids is 1. The highest BCUT2D eigenvalue weighted by Crippen LogP contribution is 2.10. The summed E-state index contributed by atoms with van der Waals surface area (Å²) in [5, 5.41) is 2.89. The predicted octanol–water partition coefficient (Wildman–Crippen LogP) is 2.07. The van der Waals surface area contributed by atoms with Crippen molar-refractivity contribution in [2.45, 2.75) is 39.3 Å². The van der Waals surface area contributed by atoms with Gasteiger partial charge in [0, 0.05) is 11.8 Å². The van der Waals surface area contributed by atoms with E-state index in [0.29, 0.717) is 0 Å². The van der Waals surface area contributed by atoms with Crippen LogP contribution in [-0.2, 0) is 17.8 Å². The molecule has 1 N–H and O–H groups in total. The molecule has 0 aliphatic carbocycles. The lowest BCUT2D eigenvalue weighted by molar-refractivity contribution is -0.122. The summed E-state index contributed by atoms with van der Waals surface area (Å²) in [4.78, 5) is 28.2. The van der Waals surface area contributed by atoms with Crippen LogP contribution in [-0.4, -0.2) is 15.5 Å². The van der Waals surface area contributed by atoms with Crippen molar-refractivity contribution in [3.8, 4) is 0 Å². The van der Waals surface area contributed by atoms with E-state index in [1.54, 1.807) is 0 Å². The molecule has 1 aromatic carbocycles. The number of aromatic nitrogens is 2. The molecule has 22 heavy (non-hydrogen) atoms. The van der Waals surface area contributed by atoms with E-state index in [-0.39, 0.29) is 24.1 Å². The monoisotopic (exact) mass is 299 g/mol. The Labute approximate surface area is 130 Å². The van der Waals surface area contributed by atoms with Gasteiger partial charge in [0.25, 0.3) is 5.56 Å². The van der Waals surface area contributed by atoms with E-state index in [2.05, 4.69) is 10.3 Å². The summed E-state index contributed by atoms with van der Waals surface area (Å²) < 4.78 is 1.33. The van der Waals surface area contributed by atoms with Crippen LogP contribution >= 0.6 is 0 Å². The number of benzene rings is 1. The highest BCUT2D eigenvalue weighted by atomic mass is 16.2. The Morgan fingerprint density at radius 3 is 2.68 bits per heavy atom. The standard InChI is InChI=1S/C17H21N3O2/c1-3-7-15-10-17(22)20(12-18-15)11-16(21)19-13(2)14-8-5-4-6-9-14/h4-6,8-10,12-13H,3,7,11H2,1-2H3,(H,19,21)/t13-/m0/s1. The average Bonchev–Trinajstić information content (AvgIpc) is 2.51. The maximum absolute atomic E-state index is 12.1. The largest absolute Gasteiger partial charge is 0.348 e. The molecule has 5 nitrogen and oxygen atoms in total. The van der Waals surface area contributed by atoms with Crippen LogP contribution in [0.4, 0.5) is 0 Å². The summed E-state index contributed by atoms with van der Waals surface area (Å²) in [6.45, 7) is 3.93. The Hall–Kier alpha value is -2.43. The number of carbonyl (C=O) groups is 1. The third kappa shape index (κ3) is 4.28. The minimum absolute atomic E-state index is 0.0184. The Morgan fingerprint density at radius 2 is 2.05 bits per heavy atom. The van der Waals surface area contributed by atoms with E-state index in [1.165, 1.54) is 17.0 Å². The van der Waals surface area contributed by atoms with Gasteiger partial charge < -0.3 is 5.32 Å². The maximum Gasteiger partial charge on any atom is 0.253 e. The molecule has 0 saturated heterocycles. The lowest BCUT2D eigenvalue weighted by Gasteiger charge is -2.14. The highest BCUT2D eigenvalue weighted by molar-refractivity contribution is 5.76. The van der Waals surface area contributed by atoms with Gasteiger partial charge in [-0.2, -0.15) is 0 Å². The van der Waals surface area contributed by atoms with Crippen molar-refractivity contribution >= 4 is 5.91 Å². The molecular weight excluding hydrogens is 278 g/mol. The quantitative estimate of drug-likeness (QED) is 0.888. The number of hydrogen-bond acceptors (Lipinski definition) is 3. The molecule has 0 spiro atoms. The first-order chi connectivity index (χ1) is 10.6. The molecular formula is C17H21N3O2. The van der Waals surface area contributed by atoms with Crippen molar-refractivity contribution in [3.63, 3.8) is 0 Å². The third-order valence-corrected chi connectivity index (χ3v) is 3.43. The zero-order valence-corrected chi connectivity index (χ0v) is 13.0. The number of rotatable bonds is 6. The van der Waals surface area contributed by atoms with Crippen LogP contribution in [0.5, 0.6) is 0 Å². The molecule has 0 unspecified atom stereocenters. The third-order valence-electron chi connectivity index (χ3n) is 3.43. The Bertz CT molecular complexity index is 680. The second-order valence-electron chi connectivity index (χ2n) is 5.30. The first-order valence-electron chi connectivity index (χ1n) is 7.50. The predicted molar refractivity (Wildman–Crippen MR) is 85.5 cm³/mol. The molecule has 0 saturated carbocycles. The molecule has 116 valence electrons. The average molecular weight is 299 g/mol. The van der Waals surface area contributed by atoms with Crippen LogP contribution in [0.1, 0.15) is 37.6 Å². The van der Waals surface area contributed by atoms with Gasteiger partial charge in [0.05, 0.1) is 12.4 Å². The SMILES string of the molecule is CCCc1cc(=O)n(CC(=O)N[C@@H](C)c2ccccc2)cn1. The van der Waals surface area contributed by atoms with Crippen molar-refractivity contribution < 1.29 is 4.79 Å². The van der Waals surface area contributed by atoms with Crippen molar-refractivity contribution in [1.29, 1.82) is 0 Å². The number of aryl methyl sites for hydroxylation is 1. The summed E-state index contributed by atoms with van der Waals surface area (Å²) in [7, 11) is 0. The zero-order chi connectivity index (χ0) is 15.9. The molecule has 1 heterocycles. The van der Waals surface area contributed by atoms with Crippen LogP contribution in [0.2, 0.25) is 0 Å². The number of nitrogens with one attached hydrogen (secondary N) is 1. The Balaban J connectivity index is 1.99. The summed E-state index contributed by atoms with van der Waals surface area (Å²) in [6.07, 6.45) is 3.15. The van der Waals surface area contributed by atoms with Crippen molar-refractivity contribution in [1.82, 2.24) is 14.9 Å². The minimum atomic E-state index is -0.205. The molecule has 0 aliphatic rings. The first kappa shape index (κ1) is 15.9. The topological polar surface area (TPSA) is 64.0 Å². The van der Waals surface area contributed by atoms with Gasteiger partial charge in [0.1, 0.15) is 6.54 Å². The number of hydrogen-bond donors (Lipinski definition) is 1. The van der Waals surface area contributed by atoms with Crippen LogP contribution in [0.3, 0.4) is 0 Å². The van der Waals surface area contributed by atoms with E-state index >= 15 is 0 Å². The first-order valence-corrected chi connectivity index (χ1v) is 7.50. The van der Waals surface area contributed by atoms with Gasteiger partial charge in [-0.3, -0.25) is 14.2 Å². The molecule has 0 radical (unpaired) electrons. The van der Waals surface area contributed by atoms with Gasteiger partial charge in [-0.05, 0) is 18.9 Å². The van der Waals surface area contributed by atoms with Crippen molar-refractivity contribution in [2.75, 3.05) is 0 Å². The van der Waals surface area contributed by atoms with E-state index < -0.39 is 0 Å². The Morgan fingerprint density at radius 1 is 1.32 bits per heavy atom. The number of nitrogens with zero attached hydrogens (tertiary/aromatic N) is 2. The summed E-state index contributed by atoms with van der Waals surface area (Å²) in [5.74, 6) is -0.205. The fourth-order valence-electron chi connectivity index (χ4n) is 2.24. The number of amides is 1. The molecule has 0 fully saturated rings. The molecule has 0 bridgehead atoms. The van der Waals surface area contributed by atoms with Crippen LogP contribution < -0.4 is 10.9 Å². The summed E-state index contributed by atoms with van der Waals surface area (Å²) in [5.41, 5.74) is 1.60. The smallest absolute Gasteiger partial charge is 0.253 e. The van der Waals surface area contributed by atoms with Crippen LogP contribution in [0.15, 0.2) is 47.5 Å². The second-order valence-corrected chi connectivity index (χ2v) is 5.30. The molecule has 1 amide bonds. The van der Waals surface area contributed by atoms with E-state index in [0.717, 1.165) is 24.1 Å². The van der Waals surface area contributed by atoms with Crippen LogP contribution in [0, 0.1) is 0 Å². The van der Waals surface area contributed by atoms with Crippen LogP contribution in [0.25, 0.3) is 0 Å². The van der Waals surface area contributed by atoms with E-state index in [9.17, 15) is 9.59 Å². The van der Waals surface area contributed by atoms with E-state index in [4.69, 9.17) is 0 Å². The van der Waals surface area contributed by atoms with Gasteiger partial charge in [0.15, 0.2) is 0 Å². The van der Waals surface area contributed by atoms with Gasteiger partial charge >= 0.3 is 0 Å². The Kier molecular flexibility index (Phi) is 5.47. The summed E-state index contributed by atoms with van der Waals surface area (Å²) >= 11 is 0. The molecule has 1 aromatic heterocycles. The zero-order valence-electron chi connectivity index (χ0n) is 13.0. The summed E-state index contributed by atoms with van der Waals surface area (Å²) in [6, 6.07) is 11.1. The second kappa shape index (κ2) is 7.54. The lowest BCUT2D eigenvalue weighted by Crippen LogP contribution is -2.33. The highest BCUT2D eigenvalue weighted by Gasteiger charge is 2.10. The minimum Gasteiger partial charge on any atom is -0.348 e. The van der Waals surface area contributed by atoms with Gasteiger partial charge in [-0.25, -0.2) is 4.98 Å². The molecule has 2 aromatic rings. The molecule has 2 rings (SSSR count).